The van der Waals surface area contributed by atoms with Crippen molar-refractivity contribution in [2.45, 2.75) is 104 Å². The Hall–Kier alpha value is -0.420. The van der Waals surface area contributed by atoms with Crippen molar-refractivity contribution in [3.63, 3.8) is 0 Å². The van der Waals surface area contributed by atoms with Gasteiger partial charge in [-0.25, -0.2) is 0 Å². The molecule has 0 spiro atoms. The summed E-state index contributed by atoms with van der Waals surface area (Å²) in [7, 11) is 0. The van der Waals surface area contributed by atoms with E-state index in [1.54, 1.807) is 4.88 Å². The minimum atomic E-state index is -0.141. The van der Waals surface area contributed by atoms with Crippen molar-refractivity contribution in [3.05, 3.63) is 21.9 Å². The van der Waals surface area contributed by atoms with Crippen LogP contribution in [0.15, 0.2) is 12.1 Å². The SMILES string of the molecule is CCCCCCCCc1cc2cc(C3OCC(CCCCCCC)CO3)sc2s1. The summed E-state index contributed by atoms with van der Waals surface area (Å²) in [5, 5.41) is 1.39. The molecule has 0 saturated carbocycles. The van der Waals surface area contributed by atoms with Crippen molar-refractivity contribution in [1.82, 2.24) is 0 Å². The van der Waals surface area contributed by atoms with E-state index in [1.165, 1.54) is 97.7 Å². The maximum atomic E-state index is 6.09. The van der Waals surface area contributed by atoms with Gasteiger partial charge in [0, 0.05) is 16.2 Å². The number of hydrogen-bond acceptors (Lipinski definition) is 4. The number of thiophene rings is 2. The number of ether oxygens (including phenoxy) is 2. The predicted molar refractivity (Wildman–Crippen MR) is 128 cm³/mol. The van der Waals surface area contributed by atoms with Crippen LogP contribution in [0, 0.1) is 5.92 Å². The molecule has 1 saturated heterocycles. The maximum absolute atomic E-state index is 6.09. The van der Waals surface area contributed by atoms with E-state index in [0.717, 1.165) is 13.2 Å². The summed E-state index contributed by atoms with van der Waals surface area (Å²) in [6, 6.07) is 4.70. The molecule has 0 unspecified atom stereocenters. The van der Waals surface area contributed by atoms with E-state index in [2.05, 4.69) is 26.0 Å². The van der Waals surface area contributed by atoms with E-state index in [9.17, 15) is 0 Å². The summed E-state index contributed by atoms with van der Waals surface area (Å²) in [4.78, 5) is 2.79. The zero-order chi connectivity index (χ0) is 20.3. The van der Waals surface area contributed by atoms with Crippen LogP contribution in [-0.4, -0.2) is 13.2 Å². The first-order valence-corrected chi connectivity index (χ1v) is 13.7. The molecule has 0 aromatic carbocycles. The van der Waals surface area contributed by atoms with Gasteiger partial charge in [0.05, 0.1) is 22.1 Å². The maximum Gasteiger partial charge on any atom is 0.193 e. The first-order chi connectivity index (χ1) is 14.3. The van der Waals surface area contributed by atoms with Crippen molar-refractivity contribution in [2.24, 2.45) is 5.92 Å². The van der Waals surface area contributed by atoms with Gasteiger partial charge >= 0.3 is 0 Å². The lowest BCUT2D eigenvalue weighted by molar-refractivity contribution is -0.204. The van der Waals surface area contributed by atoms with Gasteiger partial charge in [0.15, 0.2) is 6.29 Å². The monoisotopic (exact) mass is 436 g/mol. The summed E-state index contributed by atoms with van der Waals surface area (Å²) in [5.74, 6) is 0.581. The molecule has 1 aliphatic heterocycles. The first kappa shape index (κ1) is 23.2. The van der Waals surface area contributed by atoms with Crippen molar-refractivity contribution in [1.29, 1.82) is 0 Å². The molecule has 2 nitrogen and oxygen atoms in total. The Morgan fingerprint density at radius 2 is 1.45 bits per heavy atom. The minimum absolute atomic E-state index is 0.141. The second-order valence-electron chi connectivity index (χ2n) is 8.69. The van der Waals surface area contributed by atoms with Crippen LogP contribution in [0.3, 0.4) is 0 Å². The quantitative estimate of drug-likeness (QED) is 0.275. The topological polar surface area (TPSA) is 18.5 Å². The van der Waals surface area contributed by atoms with Crippen LogP contribution in [0.1, 0.15) is 107 Å². The molecule has 29 heavy (non-hydrogen) atoms. The summed E-state index contributed by atoms with van der Waals surface area (Å²) >= 11 is 3.85. The molecule has 1 fully saturated rings. The van der Waals surface area contributed by atoms with Crippen LogP contribution in [0.25, 0.3) is 9.40 Å². The van der Waals surface area contributed by atoms with Crippen molar-refractivity contribution in [3.8, 4) is 0 Å². The standard InChI is InChI=1S/C25H40O2S2/c1-3-5-7-9-11-13-15-22-16-21-17-23(29-25(21)28-22)24-26-18-20(19-27-24)14-12-10-8-6-4-2/h16-17,20,24H,3-15,18-19H2,1-2H3. The molecular weight excluding hydrogens is 396 g/mol. The van der Waals surface area contributed by atoms with Crippen LogP contribution in [-0.2, 0) is 15.9 Å². The normalized spacial score (nSPS) is 19.9. The van der Waals surface area contributed by atoms with Gasteiger partial charge in [0.2, 0.25) is 0 Å². The van der Waals surface area contributed by atoms with Gasteiger partial charge in [-0.2, -0.15) is 0 Å². The number of rotatable bonds is 14. The van der Waals surface area contributed by atoms with E-state index in [-0.39, 0.29) is 6.29 Å². The zero-order valence-corrected chi connectivity index (χ0v) is 20.2. The molecule has 1 aliphatic rings. The second-order valence-corrected chi connectivity index (χ2v) is 11.2. The third kappa shape index (κ3) is 7.65. The summed E-state index contributed by atoms with van der Waals surface area (Å²) in [6.45, 7) is 6.26. The van der Waals surface area contributed by atoms with E-state index >= 15 is 0 Å². The van der Waals surface area contributed by atoms with E-state index < -0.39 is 0 Å². The van der Waals surface area contributed by atoms with Gasteiger partial charge in [-0.1, -0.05) is 78.1 Å². The Morgan fingerprint density at radius 3 is 2.14 bits per heavy atom. The zero-order valence-electron chi connectivity index (χ0n) is 18.5. The largest absolute Gasteiger partial charge is 0.347 e. The van der Waals surface area contributed by atoms with Crippen LogP contribution in [0.2, 0.25) is 0 Å². The molecule has 0 aliphatic carbocycles. The van der Waals surface area contributed by atoms with Gasteiger partial charge in [0.25, 0.3) is 0 Å². The average Bonchev–Trinajstić information content (AvgIpc) is 3.30. The molecule has 4 heteroatoms. The molecule has 3 heterocycles. The lowest BCUT2D eigenvalue weighted by atomic mass is 10.0. The van der Waals surface area contributed by atoms with Gasteiger partial charge in [0.1, 0.15) is 0 Å². The molecule has 0 N–H and O–H groups in total. The Morgan fingerprint density at radius 1 is 0.793 bits per heavy atom. The molecule has 0 amide bonds. The van der Waals surface area contributed by atoms with Crippen LogP contribution in [0.5, 0.6) is 0 Å². The molecule has 0 bridgehead atoms. The van der Waals surface area contributed by atoms with Crippen molar-refractivity contribution in [2.75, 3.05) is 13.2 Å². The average molecular weight is 437 g/mol. The Balaban J connectivity index is 1.37. The van der Waals surface area contributed by atoms with Crippen LogP contribution in [0.4, 0.5) is 0 Å². The molecule has 0 atom stereocenters. The Bertz CT molecular complexity index is 651. The van der Waals surface area contributed by atoms with E-state index in [0.29, 0.717) is 5.92 Å². The van der Waals surface area contributed by atoms with E-state index in [1.807, 2.05) is 22.7 Å². The van der Waals surface area contributed by atoms with Crippen molar-refractivity contribution >= 4 is 32.1 Å². The highest BCUT2D eigenvalue weighted by Gasteiger charge is 2.25. The fraction of sp³-hybridized carbons (Fsp3) is 0.760. The lowest BCUT2D eigenvalue weighted by Gasteiger charge is -2.28. The van der Waals surface area contributed by atoms with Crippen LogP contribution >= 0.6 is 22.7 Å². The highest BCUT2D eigenvalue weighted by atomic mass is 32.2. The Labute approximate surface area is 186 Å². The first-order valence-electron chi connectivity index (χ1n) is 12.1. The molecule has 2 aromatic rings. The fourth-order valence-electron chi connectivity index (χ4n) is 4.14. The lowest BCUT2D eigenvalue weighted by Crippen LogP contribution is -2.26. The van der Waals surface area contributed by atoms with Crippen LogP contribution < -0.4 is 0 Å². The number of aryl methyl sites for hydroxylation is 1. The van der Waals surface area contributed by atoms with Gasteiger partial charge < -0.3 is 9.47 Å². The van der Waals surface area contributed by atoms with Gasteiger partial charge in [-0.3, -0.25) is 0 Å². The second kappa shape index (κ2) is 13.1. The summed E-state index contributed by atoms with van der Waals surface area (Å²) < 4.78 is 13.6. The third-order valence-corrected chi connectivity index (χ3v) is 8.45. The van der Waals surface area contributed by atoms with E-state index in [4.69, 9.17) is 9.47 Å². The smallest absolute Gasteiger partial charge is 0.193 e. The fourth-order valence-corrected chi connectivity index (χ4v) is 6.69. The summed E-state index contributed by atoms with van der Waals surface area (Å²) in [6.07, 6.45) is 17.3. The highest BCUT2D eigenvalue weighted by molar-refractivity contribution is 7.38. The Kier molecular flexibility index (Phi) is 10.5. The number of unbranched alkanes of at least 4 members (excludes halogenated alkanes) is 9. The molecule has 3 rings (SSSR count). The number of hydrogen-bond donors (Lipinski definition) is 0. The third-order valence-electron chi connectivity index (χ3n) is 5.98. The summed E-state index contributed by atoms with van der Waals surface area (Å²) in [5.41, 5.74) is 0. The predicted octanol–water partition coefficient (Wildman–Crippen LogP) is 8.89. The molecule has 2 aromatic heterocycles. The minimum Gasteiger partial charge on any atom is -0.347 e. The molecular formula is C25H40O2S2. The molecule has 0 radical (unpaired) electrons. The van der Waals surface area contributed by atoms with Crippen molar-refractivity contribution < 1.29 is 9.47 Å². The highest BCUT2D eigenvalue weighted by Crippen LogP contribution is 2.39. The van der Waals surface area contributed by atoms with Gasteiger partial charge in [-0.15, -0.1) is 22.7 Å². The number of fused-ring (bicyclic) bond motifs is 1. The molecule has 164 valence electrons. The van der Waals surface area contributed by atoms with Gasteiger partial charge in [-0.05, 0) is 31.4 Å².